The van der Waals surface area contributed by atoms with Gasteiger partial charge >= 0.3 is 5.97 Å². The molecule has 2 rings (SSSR count). The minimum atomic E-state index is -3.02. The number of ether oxygens (including phenoxy) is 1. The van der Waals surface area contributed by atoms with Crippen LogP contribution in [0.15, 0.2) is 30.3 Å². The van der Waals surface area contributed by atoms with E-state index in [-0.39, 0.29) is 0 Å². The third-order valence-corrected chi connectivity index (χ3v) is 3.32. The van der Waals surface area contributed by atoms with Crippen LogP contribution >= 0.6 is 0 Å². The molecule has 0 aromatic heterocycles. The Bertz CT molecular complexity index is 524. The van der Waals surface area contributed by atoms with Crippen LogP contribution in [-0.4, -0.2) is 25.6 Å². The second kappa shape index (κ2) is 5.32. The molecular formula is C14H19NO2. The third-order valence-electron chi connectivity index (χ3n) is 3.32. The Morgan fingerprint density at radius 1 is 1.47 bits per heavy atom. The van der Waals surface area contributed by atoms with Crippen molar-refractivity contribution < 1.29 is 16.4 Å². The van der Waals surface area contributed by atoms with E-state index in [0.717, 1.165) is 5.56 Å². The van der Waals surface area contributed by atoms with Crippen molar-refractivity contribution in [3.63, 3.8) is 0 Å². The Labute approximate surface area is 109 Å². The van der Waals surface area contributed by atoms with Gasteiger partial charge in [0.2, 0.25) is 0 Å². The molecular weight excluding hydrogens is 214 g/mol. The van der Waals surface area contributed by atoms with Crippen LogP contribution in [0.4, 0.5) is 0 Å². The number of carbonyl (C=O) groups is 1. The van der Waals surface area contributed by atoms with Gasteiger partial charge in [-0.25, -0.2) is 0 Å². The normalized spacial score (nSPS) is 24.6. The lowest BCUT2D eigenvalue weighted by molar-refractivity contribution is -0.151. The first kappa shape index (κ1) is 7.17. The van der Waals surface area contributed by atoms with E-state index in [1.165, 1.54) is 0 Å². The van der Waals surface area contributed by atoms with Crippen LogP contribution in [-0.2, 0) is 14.9 Å². The minimum Gasteiger partial charge on any atom is -0.465 e. The maximum absolute atomic E-state index is 12.6. The van der Waals surface area contributed by atoms with Crippen LogP contribution in [0.25, 0.3) is 0 Å². The molecule has 0 radical (unpaired) electrons. The summed E-state index contributed by atoms with van der Waals surface area (Å²) < 4.78 is 41.4. The molecule has 0 aliphatic carbocycles. The molecule has 0 spiro atoms. The third kappa shape index (κ3) is 2.34. The Morgan fingerprint density at radius 3 is 2.82 bits per heavy atom. The first-order valence-electron chi connectivity index (χ1n) is 8.19. The molecule has 92 valence electrons. The Hall–Kier alpha value is -1.35. The highest BCUT2D eigenvalue weighted by molar-refractivity contribution is 5.83. The first-order chi connectivity index (χ1) is 10.2. The van der Waals surface area contributed by atoms with E-state index in [4.69, 9.17) is 11.6 Å². The molecule has 0 saturated carbocycles. The van der Waals surface area contributed by atoms with E-state index in [1.54, 1.807) is 24.3 Å². The molecule has 1 aliphatic heterocycles. The monoisotopic (exact) mass is 238 g/mol. The number of piperidine rings is 1. The molecule has 1 aromatic carbocycles. The van der Waals surface area contributed by atoms with Gasteiger partial charge in [-0.2, -0.15) is 0 Å². The summed E-state index contributed by atoms with van der Waals surface area (Å²) >= 11 is 0. The summed E-state index contributed by atoms with van der Waals surface area (Å²) in [6.45, 7) is -4.86. The average Bonchev–Trinajstić information content (AvgIpc) is 2.47. The Balaban J connectivity index is 2.33. The molecule has 17 heavy (non-hydrogen) atoms. The molecule has 0 atom stereocenters. The van der Waals surface area contributed by atoms with Crippen LogP contribution in [0.1, 0.15) is 32.1 Å². The van der Waals surface area contributed by atoms with Crippen molar-refractivity contribution in [2.24, 2.45) is 0 Å². The van der Waals surface area contributed by atoms with Gasteiger partial charge < -0.3 is 10.1 Å². The van der Waals surface area contributed by atoms with Crippen LogP contribution < -0.4 is 5.32 Å². The number of nitrogens with one attached hydrogen (secondary N) is 1. The SMILES string of the molecule is [2H]C([2H])([2H])C([2H])([2H])OC(=O)C1(c2ccccc2)CCNCC1. The predicted octanol–water partition coefficient (Wildman–Crippen LogP) is 1.87. The van der Waals surface area contributed by atoms with Crippen molar-refractivity contribution in [1.82, 2.24) is 5.32 Å². The fourth-order valence-electron chi connectivity index (χ4n) is 2.37. The smallest absolute Gasteiger partial charge is 0.316 e. The second-order valence-electron chi connectivity index (χ2n) is 4.19. The van der Waals surface area contributed by atoms with Crippen molar-refractivity contribution in [2.45, 2.75) is 25.1 Å². The molecule has 1 heterocycles. The lowest BCUT2D eigenvalue weighted by atomic mass is 9.73. The lowest BCUT2D eigenvalue weighted by Gasteiger charge is -2.35. The molecule has 1 aliphatic rings. The van der Waals surface area contributed by atoms with Gasteiger partial charge in [-0.3, -0.25) is 4.79 Å². The van der Waals surface area contributed by atoms with Crippen molar-refractivity contribution in [3.8, 4) is 0 Å². The first-order valence-corrected chi connectivity index (χ1v) is 5.69. The number of carbonyl (C=O) groups excluding carboxylic acids is 1. The van der Waals surface area contributed by atoms with Crippen LogP contribution in [0.2, 0.25) is 0 Å². The fourth-order valence-corrected chi connectivity index (χ4v) is 2.37. The van der Waals surface area contributed by atoms with Crippen molar-refractivity contribution in [1.29, 1.82) is 0 Å². The van der Waals surface area contributed by atoms with Gasteiger partial charge in [-0.1, -0.05) is 30.3 Å². The van der Waals surface area contributed by atoms with Crippen molar-refractivity contribution >= 4 is 5.97 Å². The largest absolute Gasteiger partial charge is 0.465 e. The number of rotatable bonds is 3. The highest BCUT2D eigenvalue weighted by Crippen LogP contribution is 2.34. The molecule has 0 amide bonds. The minimum absolute atomic E-state index is 0.437. The molecule has 3 nitrogen and oxygen atoms in total. The summed E-state index contributed by atoms with van der Waals surface area (Å²) in [7, 11) is 0. The molecule has 1 aromatic rings. The van der Waals surface area contributed by atoms with Crippen molar-refractivity contribution in [2.75, 3.05) is 19.6 Å². The fraction of sp³-hybridized carbons (Fsp3) is 0.500. The molecule has 3 heteroatoms. The number of hydrogen-bond acceptors (Lipinski definition) is 3. The number of hydrogen-bond donors (Lipinski definition) is 1. The summed E-state index contributed by atoms with van der Waals surface area (Å²) in [4.78, 5) is 12.6. The maximum Gasteiger partial charge on any atom is 0.316 e. The van der Waals surface area contributed by atoms with E-state index in [1.807, 2.05) is 6.07 Å². The van der Waals surface area contributed by atoms with Gasteiger partial charge in [0.05, 0.1) is 14.7 Å². The van der Waals surface area contributed by atoms with Gasteiger partial charge in [-0.05, 0) is 38.3 Å². The summed E-state index contributed by atoms with van der Waals surface area (Å²) in [6, 6.07) is 9.00. The van der Waals surface area contributed by atoms with Crippen molar-refractivity contribution in [3.05, 3.63) is 35.9 Å². The highest BCUT2D eigenvalue weighted by atomic mass is 16.5. The zero-order valence-electron chi connectivity index (χ0n) is 14.5. The summed E-state index contributed by atoms with van der Waals surface area (Å²) in [5.41, 5.74) is -0.284. The second-order valence-corrected chi connectivity index (χ2v) is 4.19. The van der Waals surface area contributed by atoms with Crippen LogP contribution in [0.3, 0.4) is 0 Å². The molecule has 1 N–H and O–H groups in total. The van der Waals surface area contributed by atoms with Gasteiger partial charge in [0.25, 0.3) is 0 Å². The summed E-state index contributed by atoms with van der Waals surface area (Å²) in [5.74, 6) is -0.818. The zero-order valence-corrected chi connectivity index (χ0v) is 9.53. The van der Waals surface area contributed by atoms with E-state index in [2.05, 4.69) is 5.32 Å². The van der Waals surface area contributed by atoms with Crippen LogP contribution in [0.5, 0.6) is 0 Å². The topological polar surface area (TPSA) is 38.3 Å². The quantitative estimate of drug-likeness (QED) is 0.817. The molecule has 0 unspecified atom stereocenters. The average molecular weight is 238 g/mol. The van der Waals surface area contributed by atoms with Gasteiger partial charge in [0.15, 0.2) is 0 Å². The molecule has 1 fully saturated rings. The van der Waals surface area contributed by atoms with Gasteiger partial charge in [0, 0.05) is 4.11 Å². The van der Waals surface area contributed by atoms with Gasteiger partial charge in [0.1, 0.15) is 0 Å². The molecule has 1 saturated heterocycles. The van der Waals surface area contributed by atoms with Crippen LogP contribution in [0, 0.1) is 0 Å². The Morgan fingerprint density at radius 2 is 2.18 bits per heavy atom. The maximum atomic E-state index is 12.6. The van der Waals surface area contributed by atoms with Gasteiger partial charge in [-0.15, -0.1) is 0 Å². The highest BCUT2D eigenvalue weighted by Gasteiger charge is 2.42. The standard InChI is InChI=1S/C14H19NO2/c1-2-17-13(16)14(8-10-15-11-9-14)12-6-4-3-5-7-12/h3-7,15H,2,8-11H2,1H3/i1D3,2D2. The lowest BCUT2D eigenvalue weighted by Crippen LogP contribution is -2.46. The number of benzene rings is 1. The van der Waals surface area contributed by atoms with E-state index in [9.17, 15) is 4.79 Å². The predicted molar refractivity (Wildman–Crippen MR) is 66.9 cm³/mol. The zero-order chi connectivity index (χ0) is 16.4. The Kier molecular flexibility index (Phi) is 2.24. The number of esters is 1. The van der Waals surface area contributed by atoms with E-state index in [0.29, 0.717) is 25.9 Å². The molecule has 0 bridgehead atoms. The summed E-state index contributed by atoms with van der Waals surface area (Å²) in [6.07, 6.45) is 0.875. The van der Waals surface area contributed by atoms with E-state index >= 15 is 0 Å². The summed E-state index contributed by atoms with van der Waals surface area (Å²) in [5, 5.41) is 3.14. The van der Waals surface area contributed by atoms with E-state index < -0.39 is 24.8 Å².